The van der Waals surface area contributed by atoms with Crippen LogP contribution in [0.4, 0.5) is 0 Å². The number of likely N-dealkylation sites (tertiary alicyclic amines) is 1. The van der Waals surface area contributed by atoms with E-state index in [2.05, 4.69) is 0 Å². The molecule has 1 aliphatic heterocycles. The van der Waals surface area contributed by atoms with E-state index in [1.165, 1.54) is 0 Å². The number of rotatable bonds is 4. The zero-order valence-corrected chi connectivity index (χ0v) is 13.0. The van der Waals surface area contributed by atoms with Gasteiger partial charge in [-0.3, -0.25) is 4.79 Å². The Morgan fingerprint density at radius 2 is 2.19 bits per heavy atom. The van der Waals surface area contributed by atoms with Crippen molar-refractivity contribution in [3.8, 4) is 5.75 Å². The Morgan fingerprint density at radius 3 is 2.81 bits per heavy atom. The van der Waals surface area contributed by atoms with E-state index in [4.69, 9.17) is 22.1 Å². The number of nitrogens with zero attached hydrogens (tertiary/aromatic N) is 1. The number of hydrogen-bond donors (Lipinski definition) is 1. The fraction of sp³-hybridized carbons (Fsp3) is 0.438. The van der Waals surface area contributed by atoms with Gasteiger partial charge in [-0.25, -0.2) is 0 Å². The highest BCUT2D eigenvalue weighted by atomic mass is 35.5. The molecule has 1 saturated heterocycles. The van der Waals surface area contributed by atoms with Gasteiger partial charge in [0.15, 0.2) is 0 Å². The fourth-order valence-corrected chi connectivity index (χ4v) is 2.67. The lowest BCUT2D eigenvalue weighted by molar-refractivity contribution is -0.127. The van der Waals surface area contributed by atoms with Crippen molar-refractivity contribution < 1.29 is 9.53 Å². The van der Waals surface area contributed by atoms with E-state index in [1.807, 2.05) is 4.90 Å². The third-order valence-electron chi connectivity index (χ3n) is 3.86. The van der Waals surface area contributed by atoms with Crippen molar-refractivity contribution in [2.45, 2.75) is 12.8 Å². The number of benzene rings is 1. The van der Waals surface area contributed by atoms with Crippen LogP contribution in [0.3, 0.4) is 0 Å². The number of methoxy groups -OCH3 is 1. The molecule has 21 heavy (non-hydrogen) atoms. The number of nitrogens with two attached hydrogens (primary N) is 1. The molecule has 0 atom stereocenters. The first-order valence-corrected chi connectivity index (χ1v) is 7.52. The average molecular weight is 309 g/mol. The molecule has 0 spiro atoms. The summed E-state index contributed by atoms with van der Waals surface area (Å²) in [5, 5.41) is 0.617. The molecule has 114 valence electrons. The van der Waals surface area contributed by atoms with Crippen molar-refractivity contribution in [3.63, 3.8) is 0 Å². The van der Waals surface area contributed by atoms with Crippen LogP contribution in [0.2, 0.25) is 5.02 Å². The molecule has 4 nitrogen and oxygen atoms in total. The Morgan fingerprint density at radius 1 is 1.48 bits per heavy atom. The molecule has 1 heterocycles. The van der Waals surface area contributed by atoms with Gasteiger partial charge in [0.2, 0.25) is 5.91 Å². The number of carbonyl (C=O) groups excluding carboxylic acids is 1. The van der Waals surface area contributed by atoms with Gasteiger partial charge in [-0.15, -0.1) is 0 Å². The van der Waals surface area contributed by atoms with Gasteiger partial charge in [0.25, 0.3) is 0 Å². The lowest BCUT2D eigenvalue weighted by atomic mass is 9.97. The molecular weight excluding hydrogens is 288 g/mol. The maximum atomic E-state index is 12.2. The maximum Gasteiger partial charge on any atom is 0.246 e. The minimum absolute atomic E-state index is 0.0208. The Labute approximate surface area is 130 Å². The molecule has 5 heteroatoms. The van der Waals surface area contributed by atoms with E-state index in [0.29, 0.717) is 23.2 Å². The van der Waals surface area contributed by atoms with Gasteiger partial charge >= 0.3 is 0 Å². The summed E-state index contributed by atoms with van der Waals surface area (Å²) in [6.45, 7) is 2.26. The summed E-state index contributed by atoms with van der Waals surface area (Å²) in [4.78, 5) is 14.0. The largest absolute Gasteiger partial charge is 0.496 e. The van der Waals surface area contributed by atoms with Crippen molar-refractivity contribution in [1.29, 1.82) is 0 Å². The molecule has 2 N–H and O–H groups in total. The molecule has 0 bridgehead atoms. The summed E-state index contributed by atoms with van der Waals surface area (Å²) in [5.41, 5.74) is 6.46. The average Bonchev–Trinajstić information content (AvgIpc) is 2.52. The van der Waals surface area contributed by atoms with Crippen LogP contribution in [-0.2, 0) is 4.79 Å². The van der Waals surface area contributed by atoms with E-state index >= 15 is 0 Å². The standard InChI is InChI=1S/C16H21ClN2O2/c1-21-15-4-3-14(17)10-13(15)2-5-16(20)19-8-6-12(11-18)7-9-19/h2-5,10,12H,6-9,11,18H2,1H3/b5-2+. The molecule has 0 saturated carbocycles. The van der Waals surface area contributed by atoms with Gasteiger partial charge < -0.3 is 15.4 Å². The van der Waals surface area contributed by atoms with E-state index < -0.39 is 0 Å². The van der Waals surface area contributed by atoms with E-state index in [0.717, 1.165) is 31.5 Å². The molecule has 1 aromatic rings. The molecular formula is C16H21ClN2O2. The Hall–Kier alpha value is -1.52. The topological polar surface area (TPSA) is 55.6 Å². The zero-order valence-electron chi connectivity index (χ0n) is 12.2. The first-order valence-electron chi connectivity index (χ1n) is 7.14. The summed E-state index contributed by atoms with van der Waals surface area (Å²) >= 11 is 5.97. The number of ether oxygens (including phenoxy) is 1. The quantitative estimate of drug-likeness (QED) is 0.870. The highest BCUT2D eigenvalue weighted by Gasteiger charge is 2.20. The lowest BCUT2D eigenvalue weighted by Crippen LogP contribution is -2.39. The molecule has 0 aromatic heterocycles. The van der Waals surface area contributed by atoms with E-state index in [1.54, 1.807) is 37.5 Å². The van der Waals surface area contributed by atoms with Crippen LogP contribution in [-0.4, -0.2) is 37.6 Å². The highest BCUT2D eigenvalue weighted by Crippen LogP contribution is 2.24. The second-order valence-corrected chi connectivity index (χ2v) is 5.66. The van der Waals surface area contributed by atoms with Gasteiger partial charge in [0.1, 0.15) is 5.75 Å². The SMILES string of the molecule is COc1ccc(Cl)cc1/C=C/C(=O)N1CCC(CN)CC1. The van der Waals surface area contributed by atoms with Crippen LogP contribution >= 0.6 is 11.6 Å². The number of amides is 1. The van der Waals surface area contributed by atoms with Crippen molar-refractivity contribution >= 4 is 23.6 Å². The van der Waals surface area contributed by atoms with Crippen molar-refractivity contribution in [1.82, 2.24) is 4.90 Å². The van der Waals surface area contributed by atoms with Gasteiger partial charge in [-0.1, -0.05) is 11.6 Å². The number of piperidine rings is 1. The summed E-state index contributed by atoms with van der Waals surface area (Å²) in [6, 6.07) is 5.33. The third kappa shape index (κ3) is 4.22. The van der Waals surface area contributed by atoms with Gasteiger partial charge in [0.05, 0.1) is 7.11 Å². The highest BCUT2D eigenvalue weighted by molar-refractivity contribution is 6.30. The Balaban J connectivity index is 2.01. The van der Waals surface area contributed by atoms with Crippen molar-refractivity contribution in [2.24, 2.45) is 11.7 Å². The van der Waals surface area contributed by atoms with Crippen LogP contribution in [0.1, 0.15) is 18.4 Å². The molecule has 1 aliphatic rings. The van der Waals surface area contributed by atoms with Crippen molar-refractivity contribution in [2.75, 3.05) is 26.7 Å². The van der Waals surface area contributed by atoms with Gasteiger partial charge in [-0.2, -0.15) is 0 Å². The molecule has 1 amide bonds. The fourth-order valence-electron chi connectivity index (χ4n) is 2.49. The monoisotopic (exact) mass is 308 g/mol. The van der Waals surface area contributed by atoms with Crippen LogP contribution in [0.25, 0.3) is 6.08 Å². The Bertz CT molecular complexity index is 523. The van der Waals surface area contributed by atoms with E-state index in [9.17, 15) is 4.79 Å². The molecule has 2 rings (SSSR count). The first-order chi connectivity index (χ1) is 10.1. The predicted molar refractivity (Wildman–Crippen MR) is 85.4 cm³/mol. The van der Waals surface area contributed by atoms with Gasteiger partial charge in [0, 0.05) is 29.8 Å². The van der Waals surface area contributed by atoms with Gasteiger partial charge in [-0.05, 0) is 49.6 Å². The normalized spacial score (nSPS) is 16.4. The maximum absolute atomic E-state index is 12.2. The molecule has 0 aliphatic carbocycles. The van der Waals surface area contributed by atoms with Crippen molar-refractivity contribution in [3.05, 3.63) is 34.9 Å². The summed E-state index contributed by atoms with van der Waals surface area (Å²) in [7, 11) is 1.60. The molecule has 0 unspecified atom stereocenters. The third-order valence-corrected chi connectivity index (χ3v) is 4.09. The number of hydrogen-bond acceptors (Lipinski definition) is 3. The molecule has 0 radical (unpaired) electrons. The summed E-state index contributed by atoms with van der Waals surface area (Å²) in [6.07, 6.45) is 5.30. The second kappa shape index (κ2) is 7.48. The minimum Gasteiger partial charge on any atom is -0.496 e. The predicted octanol–water partition coefficient (Wildman–Crippen LogP) is 2.56. The van der Waals surface area contributed by atoms with E-state index in [-0.39, 0.29) is 5.91 Å². The first kappa shape index (κ1) is 15.9. The molecule has 1 fully saturated rings. The smallest absolute Gasteiger partial charge is 0.246 e. The number of halogens is 1. The minimum atomic E-state index is 0.0208. The summed E-state index contributed by atoms with van der Waals surface area (Å²) in [5.74, 6) is 1.27. The van der Waals surface area contributed by atoms with Crippen LogP contribution in [0, 0.1) is 5.92 Å². The van der Waals surface area contributed by atoms with Crippen LogP contribution in [0.15, 0.2) is 24.3 Å². The van der Waals surface area contributed by atoms with Crippen LogP contribution in [0.5, 0.6) is 5.75 Å². The Kier molecular flexibility index (Phi) is 5.65. The van der Waals surface area contributed by atoms with Crippen LogP contribution < -0.4 is 10.5 Å². The number of carbonyl (C=O) groups is 1. The lowest BCUT2D eigenvalue weighted by Gasteiger charge is -2.30. The summed E-state index contributed by atoms with van der Waals surface area (Å²) < 4.78 is 5.26. The zero-order chi connectivity index (χ0) is 15.2. The second-order valence-electron chi connectivity index (χ2n) is 5.22. The molecule has 1 aromatic carbocycles.